The lowest BCUT2D eigenvalue weighted by Gasteiger charge is -2.22. The molecule has 0 atom stereocenters. The van der Waals surface area contributed by atoms with Gasteiger partial charge in [-0.05, 0) is 55.0 Å². The van der Waals surface area contributed by atoms with Gasteiger partial charge in [-0.2, -0.15) is 0 Å². The maximum atomic E-state index is 12.0. The first kappa shape index (κ1) is 14.9. The van der Waals surface area contributed by atoms with E-state index in [0.717, 1.165) is 3.57 Å². The molecule has 0 spiro atoms. The van der Waals surface area contributed by atoms with Crippen LogP contribution in [-0.4, -0.2) is 18.5 Å². The Morgan fingerprint density at radius 2 is 2.12 bits per heavy atom. The molecule has 0 saturated heterocycles. The first-order valence-corrected chi connectivity index (χ1v) is 6.85. The normalized spacial score (nSPS) is 11.6. The summed E-state index contributed by atoms with van der Waals surface area (Å²) in [5, 5.41) is 0.627. The lowest BCUT2D eigenvalue weighted by molar-refractivity contribution is 0.0141. The highest BCUT2D eigenvalue weighted by Crippen LogP contribution is 2.22. The standard InChI is InChI=1S/C13H16ClIO2/c1-13(2,17-3)7-6-12(16)9-4-5-11(15)10(14)8-9/h4-5,8H,6-7H2,1-3H3. The van der Waals surface area contributed by atoms with Crippen LogP contribution in [0.5, 0.6) is 0 Å². The number of halogens is 2. The number of benzene rings is 1. The van der Waals surface area contributed by atoms with Crippen molar-refractivity contribution in [3.8, 4) is 0 Å². The highest BCUT2D eigenvalue weighted by Gasteiger charge is 2.18. The van der Waals surface area contributed by atoms with Gasteiger partial charge in [0.05, 0.1) is 10.6 Å². The molecule has 1 aromatic carbocycles. The van der Waals surface area contributed by atoms with Crippen molar-refractivity contribution in [2.45, 2.75) is 32.3 Å². The summed E-state index contributed by atoms with van der Waals surface area (Å²) < 4.78 is 6.24. The van der Waals surface area contributed by atoms with Gasteiger partial charge in [-0.3, -0.25) is 4.79 Å². The molecule has 0 bridgehead atoms. The molecule has 0 fully saturated rings. The van der Waals surface area contributed by atoms with E-state index in [0.29, 0.717) is 23.4 Å². The van der Waals surface area contributed by atoms with Gasteiger partial charge >= 0.3 is 0 Å². The summed E-state index contributed by atoms with van der Waals surface area (Å²) >= 11 is 8.13. The molecule has 0 amide bonds. The Hall–Kier alpha value is -0.130. The molecule has 17 heavy (non-hydrogen) atoms. The Kier molecular flexibility index (Phi) is 5.41. The monoisotopic (exact) mass is 366 g/mol. The van der Waals surface area contributed by atoms with Gasteiger partial charge in [-0.15, -0.1) is 0 Å². The van der Waals surface area contributed by atoms with Gasteiger partial charge in [-0.25, -0.2) is 0 Å². The molecule has 0 unspecified atom stereocenters. The largest absolute Gasteiger partial charge is 0.379 e. The van der Waals surface area contributed by atoms with Crippen LogP contribution in [0.3, 0.4) is 0 Å². The van der Waals surface area contributed by atoms with Crippen molar-refractivity contribution in [1.29, 1.82) is 0 Å². The minimum Gasteiger partial charge on any atom is -0.379 e. The van der Waals surface area contributed by atoms with Crippen molar-refractivity contribution in [2.24, 2.45) is 0 Å². The summed E-state index contributed by atoms with van der Waals surface area (Å²) in [7, 11) is 1.66. The maximum absolute atomic E-state index is 12.0. The van der Waals surface area contributed by atoms with E-state index in [1.807, 2.05) is 26.0 Å². The SMILES string of the molecule is COC(C)(C)CCC(=O)c1ccc(I)c(Cl)c1. The van der Waals surface area contributed by atoms with Crippen LogP contribution in [0.15, 0.2) is 18.2 Å². The Morgan fingerprint density at radius 1 is 1.47 bits per heavy atom. The van der Waals surface area contributed by atoms with E-state index in [-0.39, 0.29) is 11.4 Å². The molecular weight excluding hydrogens is 350 g/mol. The Labute approximate surface area is 121 Å². The number of carbonyl (C=O) groups excluding carboxylic acids is 1. The third-order valence-electron chi connectivity index (χ3n) is 2.75. The number of hydrogen-bond donors (Lipinski definition) is 0. The summed E-state index contributed by atoms with van der Waals surface area (Å²) in [5.41, 5.74) is 0.408. The van der Waals surface area contributed by atoms with Crippen LogP contribution in [0.2, 0.25) is 5.02 Å². The number of carbonyl (C=O) groups is 1. The summed E-state index contributed by atoms with van der Waals surface area (Å²) in [4.78, 5) is 12.0. The van der Waals surface area contributed by atoms with Crippen molar-refractivity contribution in [2.75, 3.05) is 7.11 Å². The molecule has 0 aliphatic carbocycles. The highest BCUT2D eigenvalue weighted by molar-refractivity contribution is 14.1. The van der Waals surface area contributed by atoms with Gasteiger partial charge in [0.15, 0.2) is 5.78 Å². The zero-order valence-corrected chi connectivity index (χ0v) is 13.1. The fourth-order valence-electron chi connectivity index (χ4n) is 1.33. The van der Waals surface area contributed by atoms with Gasteiger partial charge in [0.1, 0.15) is 0 Å². The fraction of sp³-hybridized carbons (Fsp3) is 0.462. The van der Waals surface area contributed by atoms with Gasteiger partial charge in [0, 0.05) is 22.7 Å². The van der Waals surface area contributed by atoms with Crippen LogP contribution in [0, 0.1) is 3.57 Å². The van der Waals surface area contributed by atoms with Gasteiger partial charge in [-0.1, -0.05) is 17.7 Å². The number of Topliss-reactive ketones (excluding diaryl/α,β-unsaturated/α-hetero) is 1. The number of ketones is 1. The van der Waals surface area contributed by atoms with Crippen LogP contribution >= 0.6 is 34.2 Å². The van der Waals surface area contributed by atoms with E-state index in [1.54, 1.807) is 13.2 Å². The van der Waals surface area contributed by atoms with Gasteiger partial charge in [0.25, 0.3) is 0 Å². The van der Waals surface area contributed by atoms with Crippen LogP contribution in [-0.2, 0) is 4.74 Å². The predicted octanol–water partition coefficient (Wildman–Crippen LogP) is 4.33. The number of hydrogen-bond acceptors (Lipinski definition) is 2. The number of ether oxygens (including phenoxy) is 1. The molecule has 0 heterocycles. The van der Waals surface area contributed by atoms with Crippen molar-refractivity contribution in [1.82, 2.24) is 0 Å². The van der Waals surface area contributed by atoms with Crippen molar-refractivity contribution < 1.29 is 9.53 Å². The summed E-state index contributed by atoms with van der Waals surface area (Å²) in [6, 6.07) is 5.40. The molecule has 1 rings (SSSR count). The van der Waals surface area contributed by atoms with Gasteiger partial charge < -0.3 is 4.74 Å². The van der Waals surface area contributed by atoms with Crippen LogP contribution in [0.4, 0.5) is 0 Å². The first-order valence-electron chi connectivity index (χ1n) is 5.39. The average molecular weight is 367 g/mol. The third-order valence-corrected chi connectivity index (χ3v) is 4.32. The Morgan fingerprint density at radius 3 is 2.65 bits per heavy atom. The second-order valence-corrected chi connectivity index (χ2v) is 6.09. The Bertz CT molecular complexity index is 416. The zero-order chi connectivity index (χ0) is 13.1. The summed E-state index contributed by atoms with van der Waals surface area (Å²) in [6.45, 7) is 3.95. The lowest BCUT2D eigenvalue weighted by atomic mass is 9.98. The Balaban J connectivity index is 2.68. The molecule has 0 aromatic heterocycles. The molecule has 0 N–H and O–H groups in total. The van der Waals surface area contributed by atoms with E-state index in [4.69, 9.17) is 16.3 Å². The van der Waals surface area contributed by atoms with E-state index < -0.39 is 0 Å². The van der Waals surface area contributed by atoms with Crippen molar-refractivity contribution in [3.63, 3.8) is 0 Å². The lowest BCUT2D eigenvalue weighted by Crippen LogP contribution is -2.23. The molecule has 0 radical (unpaired) electrons. The van der Waals surface area contributed by atoms with Crippen LogP contribution in [0.25, 0.3) is 0 Å². The molecule has 94 valence electrons. The van der Waals surface area contributed by atoms with Crippen LogP contribution < -0.4 is 0 Å². The first-order chi connectivity index (χ1) is 7.85. The van der Waals surface area contributed by atoms with Crippen molar-refractivity contribution >= 4 is 40.0 Å². The van der Waals surface area contributed by atoms with Gasteiger partial charge in [0.2, 0.25) is 0 Å². The molecule has 0 aliphatic heterocycles. The zero-order valence-electron chi connectivity index (χ0n) is 10.2. The summed E-state index contributed by atoms with van der Waals surface area (Å²) in [5.74, 6) is 0.105. The van der Waals surface area contributed by atoms with E-state index >= 15 is 0 Å². The predicted molar refractivity (Wildman–Crippen MR) is 78.8 cm³/mol. The molecule has 0 aliphatic rings. The van der Waals surface area contributed by atoms with E-state index in [2.05, 4.69) is 22.6 Å². The van der Waals surface area contributed by atoms with Crippen molar-refractivity contribution in [3.05, 3.63) is 32.4 Å². The van der Waals surface area contributed by atoms with Crippen LogP contribution in [0.1, 0.15) is 37.0 Å². The summed E-state index contributed by atoms with van der Waals surface area (Å²) in [6.07, 6.45) is 1.17. The second-order valence-electron chi connectivity index (χ2n) is 4.52. The molecule has 1 aromatic rings. The fourth-order valence-corrected chi connectivity index (χ4v) is 1.85. The minimum absolute atomic E-state index is 0.105. The number of rotatable bonds is 5. The molecule has 2 nitrogen and oxygen atoms in total. The number of methoxy groups -OCH3 is 1. The quantitative estimate of drug-likeness (QED) is 0.572. The van der Waals surface area contributed by atoms with E-state index in [1.165, 1.54) is 0 Å². The van der Waals surface area contributed by atoms with E-state index in [9.17, 15) is 4.79 Å². The molecular formula is C13H16ClIO2. The smallest absolute Gasteiger partial charge is 0.163 e. The topological polar surface area (TPSA) is 26.3 Å². The third kappa shape index (κ3) is 4.56. The maximum Gasteiger partial charge on any atom is 0.163 e. The average Bonchev–Trinajstić information content (AvgIpc) is 2.30. The minimum atomic E-state index is -0.261. The molecule has 4 heteroatoms. The second kappa shape index (κ2) is 6.16. The highest BCUT2D eigenvalue weighted by atomic mass is 127. The molecule has 0 saturated carbocycles.